The zero-order valence-electron chi connectivity index (χ0n) is 13.2. The van der Waals surface area contributed by atoms with Crippen molar-refractivity contribution in [1.82, 2.24) is 4.31 Å². The lowest BCUT2D eigenvalue weighted by Gasteiger charge is -2.47. The van der Waals surface area contributed by atoms with Gasteiger partial charge in [-0.25, -0.2) is 12.7 Å². The van der Waals surface area contributed by atoms with E-state index in [4.69, 9.17) is 0 Å². The highest BCUT2D eigenvalue weighted by Crippen LogP contribution is 2.42. The molecule has 7 nitrogen and oxygen atoms in total. The molecule has 128 valence electrons. The first-order valence-electron chi connectivity index (χ1n) is 7.37. The van der Waals surface area contributed by atoms with Gasteiger partial charge in [-0.05, 0) is 31.6 Å². The lowest BCUT2D eigenvalue weighted by atomic mass is 9.73. The predicted molar refractivity (Wildman–Crippen MR) is 83.2 cm³/mol. The molecule has 0 radical (unpaired) electrons. The van der Waals surface area contributed by atoms with Crippen molar-refractivity contribution in [3.8, 4) is 0 Å². The van der Waals surface area contributed by atoms with Gasteiger partial charge in [-0.1, -0.05) is 23.8 Å². The summed E-state index contributed by atoms with van der Waals surface area (Å²) in [7, 11) is -2.98. The maximum Gasteiger partial charge on any atom is 0.312 e. The van der Waals surface area contributed by atoms with E-state index < -0.39 is 39.5 Å². The molecular formula is C16H17NO6S. The number of benzene rings is 1. The fourth-order valence-electron chi connectivity index (χ4n) is 3.12. The van der Waals surface area contributed by atoms with Crippen molar-refractivity contribution in [2.45, 2.75) is 29.9 Å². The van der Waals surface area contributed by atoms with Crippen LogP contribution in [0.5, 0.6) is 0 Å². The molecule has 0 saturated carbocycles. The van der Waals surface area contributed by atoms with E-state index in [0.717, 1.165) is 12.7 Å². The summed E-state index contributed by atoms with van der Waals surface area (Å²) in [5.74, 6) is -2.89. The van der Waals surface area contributed by atoms with E-state index in [0.29, 0.717) is 4.31 Å². The summed E-state index contributed by atoms with van der Waals surface area (Å²) in [6.07, 6.45) is 2.61. The van der Waals surface area contributed by atoms with Gasteiger partial charge in [0.25, 0.3) is 15.9 Å². The van der Waals surface area contributed by atoms with Crippen LogP contribution < -0.4 is 0 Å². The number of hydrogen-bond acceptors (Lipinski definition) is 6. The van der Waals surface area contributed by atoms with E-state index in [1.165, 1.54) is 24.3 Å². The van der Waals surface area contributed by atoms with Gasteiger partial charge in [0.1, 0.15) is 5.92 Å². The van der Waals surface area contributed by atoms with Crippen LogP contribution in [0.2, 0.25) is 0 Å². The smallest absolute Gasteiger partial charge is 0.312 e. The highest BCUT2D eigenvalue weighted by atomic mass is 32.2. The average Bonchev–Trinajstić information content (AvgIpc) is 2.55. The Morgan fingerprint density at radius 1 is 1.33 bits per heavy atom. The first kappa shape index (κ1) is 16.7. The van der Waals surface area contributed by atoms with E-state index in [2.05, 4.69) is 4.74 Å². The second-order valence-corrected chi connectivity index (χ2v) is 7.80. The summed E-state index contributed by atoms with van der Waals surface area (Å²) < 4.78 is 30.9. The Bertz CT molecular complexity index is 829. The Hall–Kier alpha value is -2.19. The topological polar surface area (TPSA) is 101 Å². The monoisotopic (exact) mass is 351 g/mol. The number of ether oxygens (including phenoxy) is 1. The van der Waals surface area contributed by atoms with Gasteiger partial charge >= 0.3 is 5.97 Å². The van der Waals surface area contributed by atoms with Crippen molar-refractivity contribution in [2.75, 3.05) is 7.11 Å². The maximum atomic E-state index is 12.8. The van der Waals surface area contributed by atoms with Gasteiger partial charge in [-0.3, -0.25) is 9.59 Å². The molecule has 1 N–H and O–H groups in total. The average molecular weight is 351 g/mol. The molecule has 1 saturated heterocycles. The molecule has 2 bridgehead atoms. The number of nitrogens with zero attached hydrogens (tertiary/aromatic N) is 1. The van der Waals surface area contributed by atoms with Gasteiger partial charge < -0.3 is 9.84 Å². The number of hydrogen-bond donors (Lipinski definition) is 1. The zero-order valence-corrected chi connectivity index (χ0v) is 14.0. The van der Waals surface area contributed by atoms with Crippen molar-refractivity contribution in [3.63, 3.8) is 0 Å². The van der Waals surface area contributed by atoms with E-state index in [1.807, 2.05) is 6.92 Å². The molecule has 1 aliphatic carbocycles. The van der Waals surface area contributed by atoms with Gasteiger partial charge in [0.15, 0.2) is 5.60 Å². The summed E-state index contributed by atoms with van der Waals surface area (Å²) in [6, 6.07) is 5.24. The minimum atomic E-state index is -4.13. The van der Waals surface area contributed by atoms with Crippen LogP contribution in [0.25, 0.3) is 0 Å². The molecule has 1 aromatic carbocycles. The predicted octanol–water partition coefficient (Wildman–Crippen LogP) is 0.375. The number of piperidine rings is 1. The van der Waals surface area contributed by atoms with Gasteiger partial charge in [-0.2, -0.15) is 0 Å². The highest BCUT2D eigenvalue weighted by molar-refractivity contribution is 7.89. The zero-order chi connectivity index (χ0) is 17.7. The third-order valence-electron chi connectivity index (χ3n) is 4.49. The second kappa shape index (κ2) is 5.42. The SMILES string of the molecule is COC(=O)[C@H]1C[C@H]2C=C[C@@]1(O)C(=O)N2S(=O)(=O)c1ccc(C)cc1. The molecule has 8 heteroatoms. The van der Waals surface area contributed by atoms with Crippen molar-refractivity contribution >= 4 is 21.9 Å². The van der Waals surface area contributed by atoms with Crippen LogP contribution >= 0.6 is 0 Å². The molecule has 0 unspecified atom stereocenters. The van der Waals surface area contributed by atoms with E-state index in [-0.39, 0.29) is 11.3 Å². The Labute approximate surface area is 139 Å². The first-order chi connectivity index (χ1) is 11.2. The number of methoxy groups -OCH3 is 1. The largest absolute Gasteiger partial charge is 0.469 e. The number of esters is 1. The van der Waals surface area contributed by atoms with Crippen LogP contribution in [0.3, 0.4) is 0 Å². The fraction of sp³-hybridized carbons (Fsp3) is 0.375. The van der Waals surface area contributed by atoms with Crippen molar-refractivity contribution in [3.05, 3.63) is 42.0 Å². The van der Waals surface area contributed by atoms with Gasteiger partial charge in [0.05, 0.1) is 18.0 Å². The standard InChI is InChI=1S/C16H17NO6S/c1-10-3-5-12(6-4-10)24(21,22)17-11-7-8-16(20,15(17)19)13(9-11)14(18)23-2/h3-8,11,13,20H,9H2,1-2H3/t11-,13-,16+/m1/s1. The summed E-state index contributed by atoms with van der Waals surface area (Å²) in [5, 5.41) is 10.6. The van der Waals surface area contributed by atoms with Gasteiger partial charge in [-0.15, -0.1) is 0 Å². The molecule has 3 aliphatic rings. The molecule has 2 aliphatic heterocycles. The normalized spacial score (nSPS) is 29.0. The summed E-state index contributed by atoms with van der Waals surface area (Å²) in [4.78, 5) is 24.5. The maximum absolute atomic E-state index is 12.8. The Balaban J connectivity index is 2.03. The third-order valence-corrected chi connectivity index (χ3v) is 6.31. The number of aryl methyl sites for hydroxylation is 1. The van der Waals surface area contributed by atoms with Crippen molar-refractivity contribution < 1.29 is 27.9 Å². The summed E-state index contributed by atoms with van der Waals surface area (Å²) in [5.41, 5.74) is -1.33. The lowest BCUT2D eigenvalue weighted by Crippen LogP contribution is -2.66. The minimum absolute atomic E-state index is 0.0174. The number of carbonyl (C=O) groups excluding carboxylic acids is 2. The Morgan fingerprint density at radius 3 is 2.54 bits per heavy atom. The number of amides is 1. The molecule has 2 heterocycles. The van der Waals surface area contributed by atoms with Gasteiger partial charge in [0, 0.05) is 0 Å². The molecule has 1 amide bonds. The van der Waals surface area contributed by atoms with Crippen LogP contribution in [-0.2, 0) is 24.3 Å². The number of fused-ring (bicyclic) bond motifs is 2. The molecular weight excluding hydrogens is 334 g/mol. The van der Waals surface area contributed by atoms with Crippen LogP contribution in [0.15, 0.2) is 41.3 Å². The third kappa shape index (κ3) is 2.25. The van der Waals surface area contributed by atoms with E-state index in [9.17, 15) is 23.1 Å². The summed E-state index contributed by atoms with van der Waals surface area (Å²) >= 11 is 0. The molecule has 0 aromatic heterocycles. The van der Waals surface area contributed by atoms with Crippen molar-refractivity contribution in [1.29, 1.82) is 0 Å². The fourth-order valence-corrected chi connectivity index (χ4v) is 4.71. The Kier molecular flexibility index (Phi) is 3.76. The number of aliphatic hydroxyl groups is 1. The Morgan fingerprint density at radius 2 is 1.96 bits per heavy atom. The molecule has 4 rings (SSSR count). The molecule has 1 fully saturated rings. The van der Waals surface area contributed by atoms with Crippen molar-refractivity contribution in [2.24, 2.45) is 5.92 Å². The van der Waals surface area contributed by atoms with Crippen LogP contribution in [-0.4, -0.2) is 48.5 Å². The van der Waals surface area contributed by atoms with E-state index in [1.54, 1.807) is 12.1 Å². The second-order valence-electron chi connectivity index (χ2n) is 5.98. The number of sulfonamides is 1. The number of carbonyl (C=O) groups is 2. The van der Waals surface area contributed by atoms with Crippen LogP contribution in [0.4, 0.5) is 0 Å². The quantitative estimate of drug-likeness (QED) is 0.624. The molecule has 3 atom stereocenters. The van der Waals surface area contributed by atoms with Gasteiger partial charge in [0.2, 0.25) is 0 Å². The lowest BCUT2D eigenvalue weighted by molar-refractivity contribution is -0.171. The molecule has 0 spiro atoms. The number of rotatable bonds is 3. The summed E-state index contributed by atoms with van der Waals surface area (Å²) in [6.45, 7) is 1.82. The van der Waals surface area contributed by atoms with Crippen LogP contribution in [0.1, 0.15) is 12.0 Å². The molecule has 1 aromatic rings. The first-order valence-corrected chi connectivity index (χ1v) is 8.81. The highest BCUT2D eigenvalue weighted by Gasteiger charge is 2.60. The van der Waals surface area contributed by atoms with Crippen LogP contribution in [0, 0.1) is 12.8 Å². The minimum Gasteiger partial charge on any atom is -0.469 e. The van der Waals surface area contributed by atoms with E-state index >= 15 is 0 Å². The molecule has 24 heavy (non-hydrogen) atoms.